The summed E-state index contributed by atoms with van der Waals surface area (Å²) in [6.07, 6.45) is 4.92. The van der Waals surface area contributed by atoms with Gasteiger partial charge in [-0.25, -0.2) is 22.8 Å². The lowest BCUT2D eigenvalue weighted by molar-refractivity contribution is 0.595. The molecule has 0 bridgehead atoms. The van der Waals surface area contributed by atoms with Gasteiger partial charge in [0.1, 0.15) is 11.6 Å². The van der Waals surface area contributed by atoms with Gasteiger partial charge < -0.3 is 10.6 Å². The molecule has 1 unspecified atom stereocenters. The Kier molecular flexibility index (Phi) is 6.55. The van der Waals surface area contributed by atoms with Crippen molar-refractivity contribution in [3.63, 3.8) is 0 Å². The molecule has 9 heteroatoms. The number of pyridine rings is 2. The van der Waals surface area contributed by atoms with Crippen LogP contribution in [-0.4, -0.2) is 30.7 Å². The number of hydrogen-bond acceptors (Lipinski definition) is 6. The third-order valence-electron chi connectivity index (χ3n) is 5.38. The van der Waals surface area contributed by atoms with Crippen LogP contribution >= 0.6 is 0 Å². The van der Waals surface area contributed by atoms with E-state index in [9.17, 15) is 12.8 Å². The Morgan fingerprint density at radius 2 is 2.03 bits per heavy atom. The van der Waals surface area contributed by atoms with Crippen molar-refractivity contribution in [3.8, 4) is 0 Å². The fourth-order valence-electron chi connectivity index (χ4n) is 3.81. The summed E-state index contributed by atoms with van der Waals surface area (Å²) in [5.74, 6) is 1.29. The van der Waals surface area contributed by atoms with Crippen LogP contribution < -0.4 is 15.4 Å². The van der Waals surface area contributed by atoms with E-state index in [0.29, 0.717) is 23.7 Å². The molecule has 4 rings (SSSR count). The smallest absolute Gasteiger partial charge is 0.232 e. The quantitative estimate of drug-likeness (QED) is 0.449. The maximum Gasteiger partial charge on any atom is 0.232 e. The molecular weight excluding hydrogens is 429 g/mol. The van der Waals surface area contributed by atoms with E-state index < -0.39 is 15.8 Å². The average Bonchev–Trinajstić information content (AvgIpc) is 3.18. The van der Waals surface area contributed by atoms with E-state index >= 15 is 0 Å². The largest absolute Gasteiger partial charge is 0.369 e. The molecule has 0 saturated carbocycles. The lowest BCUT2D eigenvalue weighted by Gasteiger charge is -2.13. The first-order chi connectivity index (χ1) is 15.4. The van der Waals surface area contributed by atoms with E-state index in [0.717, 1.165) is 24.3 Å². The van der Waals surface area contributed by atoms with Gasteiger partial charge in [-0.2, -0.15) is 0 Å². The van der Waals surface area contributed by atoms with Crippen LogP contribution in [0.2, 0.25) is 0 Å². The van der Waals surface area contributed by atoms with Crippen LogP contribution in [0.5, 0.6) is 0 Å². The number of sulfonamides is 1. The van der Waals surface area contributed by atoms with Gasteiger partial charge in [-0.05, 0) is 42.2 Å². The summed E-state index contributed by atoms with van der Waals surface area (Å²) in [5, 5.41) is 6.43. The average molecular weight is 456 g/mol. The van der Waals surface area contributed by atoms with Gasteiger partial charge in [0, 0.05) is 37.0 Å². The van der Waals surface area contributed by atoms with Crippen LogP contribution in [-0.2, 0) is 23.0 Å². The number of nitrogens with one attached hydrogen (secondary N) is 3. The molecule has 0 amide bonds. The predicted molar refractivity (Wildman–Crippen MR) is 125 cm³/mol. The van der Waals surface area contributed by atoms with Crippen molar-refractivity contribution in [1.29, 1.82) is 0 Å². The molecule has 168 valence electrons. The summed E-state index contributed by atoms with van der Waals surface area (Å²) in [6.45, 7) is 2.80. The van der Waals surface area contributed by atoms with Crippen molar-refractivity contribution in [1.82, 2.24) is 9.97 Å². The molecule has 32 heavy (non-hydrogen) atoms. The second-order valence-corrected chi connectivity index (χ2v) is 9.67. The Hall–Kier alpha value is -3.20. The molecule has 0 aliphatic carbocycles. The Bertz CT molecular complexity index is 1190. The summed E-state index contributed by atoms with van der Waals surface area (Å²) >= 11 is 0. The fraction of sp³-hybridized carbons (Fsp3) is 0.304. The van der Waals surface area contributed by atoms with E-state index in [2.05, 4.69) is 31.4 Å². The monoisotopic (exact) mass is 455 g/mol. The fourth-order valence-corrected chi connectivity index (χ4v) is 4.94. The summed E-state index contributed by atoms with van der Waals surface area (Å²) < 4.78 is 41.0. The van der Waals surface area contributed by atoms with Crippen LogP contribution in [0.15, 0.2) is 54.9 Å². The molecule has 1 atom stereocenters. The van der Waals surface area contributed by atoms with Gasteiger partial charge in [0.25, 0.3) is 0 Å². The number of halogens is 1. The van der Waals surface area contributed by atoms with Crippen molar-refractivity contribution in [2.75, 3.05) is 27.7 Å². The molecule has 3 heterocycles. The molecule has 0 fully saturated rings. The Morgan fingerprint density at radius 3 is 2.81 bits per heavy atom. The molecule has 1 aliphatic heterocycles. The third-order valence-corrected chi connectivity index (χ3v) is 6.86. The number of nitrogens with zero attached hydrogens (tertiary/aromatic N) is 2. The van der Waals surface area contributed by atoms with Crippen LogP contribution in [0.4, 0.5) is 21.7 Å². The topological polar surface area (TPSA) is 96.0 Å². The molecule has 0 radical (unpaired) electrons. The van der Waals surface area contributed by atoms with E-state index in [4.69, 9.17) is 0 Å². The predicted octanol–water partition coefficient (Wildman–Crippen LogP) is 4.13. The van der Waals surface area contributed by atoms with Crippen molar-refractivity contribution in [3.05, 3.63) is 77.4 Å². The summed E-state index contributed by atoms with van der Waals surface area (Å²) in [7, 11) is -3.56. The number of fused-ring (bicyclic) bond motifs is 1. The minimum absolute atomic E-state index is 0.0407. The zero-order valence-corrected chi connectivity index (χ0v) is 18.6. The maximum atomic E-state index is 14.8. The van der Waals surface area contributed by atoms with Crippen molar-refractivity contribution < 1.29 is 12.8 Å². The van der Waals surface area contributed by atoms with Gasteiger partial charge in [0.05, 0.1) is 11.4 Å². The Labute approximate surface area is 187 Å². The molecule has 0 saturated heterocycles. The molecule has 3 aromatic rings. The molecule has 3 N–H and O–H groups in total. The van der Waals surface area contributed by atoms with Gasteiger partial charge in [-0.1, -0.05) is 31.2 Å². The van der Waals surface area contributed by atoms with Crippen LogP contribution in [0.3, 0.4) is 0 Å². The van der Waals surface area contributed by atoms with Crippen molar-refractivity contribution in [2.24, 2.45) is 0 Å². The molecule has 1 aromatic carbocycles. The van der Waals surface area contributed by atoms with Crippen LogP contribution in [0.1, 0.15) is 36.0 Å². The number of aromatic nitrogens is 2. The number of hydrogen-bond donors (Lipinski definition) is 3. The lowest BCUT2D eigenvalue weighted by atomic mass is 9.96. The highest BCUT2D eigenvalue weighted by Crippen LogP contribution is 2.31. The minimum atomic E-state index is -3.56. The van der Waals surface area contributed by atoms with E-state index in [1.165, 1.54) is 11.6 Å². The highest BCUT2D eigenvalue weighted by Gasteiger charge is 2.23. The first-order valence-corrected chi connectivity index (χ1v) is 12.3. The Balaban J connectivity index is 1.37. The van der Waals surface area contributed by atoms with Gasteiger partial charge in [0.15, 0.2) is 5.82 Å². The summed E-state index contributed by atoms with van der Waals surface area (Å²) in [4.78, 5) is 8.80. The number of anilines is 3. The van der Waals surface area contributed by atoms with Crippen molar-refractivity contribution in [2.45, 2.75) is 32.2 Å². The van der Waals surface area contributed by atoms with Gasteiger partial charge >= 0.3 is 0 Å². The molecule has 1 aliphatic rings. The molecule has 7 nitrogen and oxygen atoms in total. The van der Waals surface area contributed by atoms with Crippen molar-refractivity contribution >= 4 is 27.3 Å². The first-order valence-electron chi connectivity index (χ1n) is 10.6. The normalized spacial score (nSPS) is 15.1. The molecule has 0 spiro atoms. The summed E-state index contributed by atoms with van der Waals surface area (Å²) in [5.41, 5.74) is 2.65. The van der Waals surface area contributed by atoms with Crippen LogP contribution in [0.25, 0.3) is 0 Å². The highest BCUT2D eigenvalue weighted by molar-refractivity contribution is 7.92. The van der Waals surface area contributed by atoms with E-state index in [1.807, 2.05) is 24.4 Å². The second-order valence-electron chi connectivity index (χ2n) is 7.83. The SMILES string of the molecule is CCCS(=O)(=O)Nc1cccc(CNc2ccc(CC3CNc4ncccc43)cn2)c1F. The molecular formula is C23H26FN5O2S. The van der Waals surface area contributed by atoms with Gasteiger partial charge in [0.2, 0.25) is 10.0 Å². The highest BCUT2D eigenvalue weighted by atomic mass is 32.2. The number of rotatable bonds is 9. The third kappa shape index (κ3) is 5.16. The minimum Gasteiger partial charge on any atom is -0.369 e. The van der Waals surface area contributed by atoms with E-state index in [-0.39, 0.29) is 18.0 Å². The lowest BCUT2D eigenvalue weighted by Crippen LogP contribution is -2.17. The Morgan fingerprint density at radius 1 is 1.16 bits per heavy atom. The second kappa shape index (κ2) is 9.52. The number of benzene rings is 1. The van der Waals surface area contributed by atoms with Gasteiger partial charge in [-0.3, -0.25) is 4.72 Å². The maximum absolute atomic E-state index is 14.8. The van der Waals surface area contributed by atoms with Gasteiger partial charge in [-0.15, -0.1) is 0 Å². The van der Waals surface area contributed by atoms with Crippen LogP contribution in [0, 0.1) is 5.82 Å². The molecule has 2 aromatic heterocycles. The zero-order valence-electron chi connectivity index (χ0n) is 17.8. The first kappa shape index (κ1) is 22.0. The summed E-state index contributed by atoms with van der Waals surface area (Å²) in [6, 6.07) is 12.6. The zero-order chi connectivity index (χ0) is 22.6. The standard InChI is InChI=1S/C23H26FN5O2S/c1-2-11-32(30,31)29-20-7-3-5-17(22(20)24)14-27-21-9-8-16(13-26-21)12-18-15-28-23-19(18)6-4-10-25-23/h3-10,13,18,29H,2,11-12,14-15H2,1H3,(H,25,28)(H,26,27). The van der Waals surface area contributed by atoms with E-state index in [1.54, 1.807) is 25.3 Å².